The average molecular weight is 401 g/mol. The van der Waals surface area contributed by atoms with E-state index in [1.807, 2.05) is 16.2 Å². The molecule has 1 saturated heterocycles. The molecule has 3 heterocycles. The highest BCUT2D eigenvalue weighted by atomic mass is 32.1. The first-order valence-corrected chi connectivity index (χ1v) is 11.4. The fourth-order valence-electron chi connectivity index (χ4n) is 4.56. The van der Waals surface area contributed by atoms with Gasteiger partial charge in [0.1, 0.15) is 16.5 Å². The zero-order valence-corrected chi connectivity index (χ0v) is 18.7. The number of rotatable bonds is 2. The second-order valence-corrected chi connectivity index (χ2v) is 10.4. The molecule has 0 radical (unpaired) electrons. The molecule has 4 rings (SSSR count). The normalized spacial score (nSPS) is 20.5. The maximum atomic E-state index is 11.7. The zero-order valence-electron chi connectivity index (χ0n) is 17.8. The predicted molar refractivity (Wildman–Crippen MR) is 116 cm³/mol. The summed E-state index contributed by atoms with van der Waals surface area (Å²) in [5.41, 5.74) is 1.84. The van der Waals surface area contributed by atoms with E-state index in [9.17, 15) is 4.79 Å². The Kier molecular flexibility index (Phi) is 5.10. The third-order valence-corrected chi connectivity index (χ3v) is 7.65. The number of hydrogen-bond acceptors (Lipinski definition) is 5. The lowest BCUT2D eigenvalue weighted by Gasteiger charge is -2.36. The van der Waals surface area contributed by atoms with Crippen LogP contribution in [0.5, 0.6) is 0 Å². The summed E-state index contributed by atoms with van der Waals surface area (Å²) < 4.78 is 0. The maximum Gasteiger partial charge on any atom is 0.219 e. The topological polar surface area (TPSA) is 49.3 Å². The van der Waals surface area contributed by atoms with Crippen molar-refractivity contribution in [2.24, 2.45) is 11.3 Å². The first-order chi connectivity index (χ1) is 13.3. The van der Waals surface area contributed by atoms with Crippen LogP contribution in [0.2, 0.25) is 0 Å². The molecule has 0 saturated carbocycles. The summed E-state index contributed by atoms with van der Waals surface area (Å²) in [6.07, 6.45) is 4.39. The zero-order chi connectivity index (χ0) is 20.1. The van der Waals surface area contributed by atoms with Gasteiger partial charge in [0.25, 0.3) is 0 Å². The largest absolute Gasteiger partial charge is 0.352 e. The number of hydrogen-bond donors (Lipinski definition) is 0. The van der Waals surface area contributed by atoms with E-state index in [2.05, 4.69) is 32.6 Å². The highest BCUT2D eigenvalue weighted by molar-refractivity contribution is 7.19. The van der Waals surface area contributed by atoms with Gasteiger partial charge >= 0.3 is 0 Å². The van der Waals surface area contributed by atoms with Gasteiger partial charge in [0.2, 0.25) is 5.91 Å². The maximum absolute atomic E-state index is 11.7. The molecule has 0 N–H and O–H groups in total. The number of carbonyl (C=O) groups is 1. The molecule has 0 spiro atoms. The van der Waals surface area contributed by atoms with Crippen molar-refractivity contribution in [3.05, 3.63) is 16.3 Å². The van der Waals surface area contributed by atoms with Crippen molar-refractivity contribution >= 4 is 33.3 Å². The molecule has 2 aromatic rings. The number of anilines is 1. The summed E-state index contributed by atoms with van der Waals surface area (Å²) in [5.74, 6) is 2.94. The van der Waals surface area contributed by atoms with Crippen LogP contribution < -0.4 is 4.90 Å². The smallest absolute Gasteiger partial charge is 0.219 e. The number of amides is 1. The third-order valence-electron chi connectivity index (χ3n) is 6.50. The molecule has 0 unspecified atom stereocenters. The van der Waals surface area contributed by atoms with Crippen LogP contribution in [-0.2, 0) is 24.1 Å². The average Bonchev–Trinajstić information content (AvgIpc) is 3.04. The van der Waals surface area contributed by atoms with E-state index in [0.29, 0.717) is 5.41 Å². The summed E-state index contributed by atoms with van der Waals surface area (Å²) in [4.78, 5) is 28.6. The second kappa shape index (κ2) is 7.29. The van der Waals surface area contributed by atoms with Crippen molar-refractivity contribution in [1.82, 2.24) is 14.9 Å². The summed E-state index contributed by atoms with van der Waals surface area (Å²) in [6.45, 7) is 14.1. The Hall–Kier alpha value is -1.69. The van der Waals surface area contributed by atoms with Crippen LogP contribution in [-0.4, -0.2) is 47.0 Å². The first kappa shape index (κ1) is 19.6. The second-order valence-electron chi connectivity index (χ2n) is 9.30. The van der Waals surface area contributed by atoms with Crippen LogP contribution in [0, 0.1) is 11.3 Å². The number of fused-ring (bicyclic) bond motifs is 3. The van der Waals surface area contributed by atoms with Gasteiger partial charge in [0.15, 0.2) is 0 Å². The van der Waals surface area contributed by atoms with Gasteiger partial charge in [-0.3, -0.25) is 4.79 Å². The molecular formula is C22H32N4OS. The van der Waals surface area contributed by atoms with Gasteiger partial charge in [-0.1, -0.05) is 27.7 Å². The van der Waals surface area contributed by atoms with E-state index in [4.69, 9.17) is 9.97 Å². The van der Waals surface area contributed by atoms with E-state index in [1.54, 1.807) is 6.92 Å². The lowest BCUT2D eigenvalue weighted by Crippen LogP contribution is -2.48. The van der Waals surface area contributed by atoms with Gasteiger partial charge in [-0.25, -0.2) is 9.97 Å². The lowest BCUT2D eigenvalue weighted by atomic mass is 9.72. The summed E-state index contributed by atoms with van der Waals surface area (Å²) in [7, 11) is 0. The van der Waals surface area contributed by atoms with Crippen LogP contribution in [0.3, 0.4) is 0 Å². The molecule has 2 aliphatic rings. The van der Waals surface area contributed by atoms with E-state index in [-0.39, 0.29) is 5.91 Å². The number of carbonyl (C=O) groups excluding carboxylic acids is 1. The minimum absolute atomic E-state index is 0.169. The Morgan fingerprint density at radius 3 is 2.50 bits per heavy atom. The Morgan fingerprint density at radius 2 is 1.89 bits per heavy atom. The molecular weight excluding hydrogens is 368 g/mol. The fraction of sp³-hybridized carbons (Fsp3) is 0.682. The van der Waals surface area contributed by atoms with Crippen LogP contribution in [0.4, 0.5) is 5.82 Å². The molecule has 0 bridgehead atoms. The van der Waals surface area contributed by atoms with Crippen LogP contribution in [0.15, 0.2) is 0 Å². The van der Waals surface area contributed by atoms with Crippen molar-refractivity contribution in [2.75, 3.05) is 31.1 Å². The molecule has 2 aromatic heterocycles. The number of aryl methyl sites for hydroxylation is 2. The molecule has 1 atom stereocenters. The van der Waals surface area contributed by atoms with Crippen LogP contribution in [0.25, 0.3) is 10.2 Å². The Morgan fingerprint density at radius 1 is 1.18 bits per heavy atom. The fourth-order valence-corrected chi connectivity index (χ4v) is 5.87. The number of piperazine rings is 1. The third kappa shape index (κ3) is 3.51. The van der Waals surface area contributed by atoms with E-state index < -0.39 is 0 Å². The van der Waals surface area contributed by atoms with E-state index in [1.165, 1.54) is 28.7 Å². The Labute approximate surface area is 172 Å². The van der Waals surface area contributed by atoms with Gasteiger partial charge in [0.05, 0.1) is 5.39 Å². The summed E-state index contributed by atoms with van der Waals surface area (Å²) in [6, 6.07) is 0. The Bertz CT molecular complexity index is 890. The molecule has 152 valence electrons. The summed E-state index contributed by atoms with van der Waals surface area (Å²) >= 11 is 1.89. The highest BCUT2D eigenvalue weighted by Gasteiger charge is 2.33. The first-order valence-electron chi connectivity index (χ1n) is 10.6. The molecule has 5 nitrogen and oxygen atoms in total. The van der Waals surface area contributed by atoms with E-state index in [0.717, 1.165) is 61.4 Å². The van der Waals surface area contributed by atoms with Gasteiger partial charge in [-0.05, 0) is 36.2 Å². The molecule has 1 amide bonds. The lowest BCUT2D eigenvalue weighted by molar-refractivity contribution is -0.129. The number of nitrogens with zero attached hydrogens (tertiary/aromatic N) is 4. The molecule has 6 heteroatoms. The molecule has 1 aliphatic heterocycles. The molecule has 1 fully saturated rings. The minimum atomic E-state index is 0.169. The highest BCUT2D eigenvalue weighted by Crippen LogP contribution is 2.45. The van der Waals surface area contributed by atoms with Crippen LogP contribution >= 0.6 is 11.3 Å². The standard InChI is InChI=1S/C22H32N4OS/c1-6-18-23-20(26-11-9-25(10-12-26)14(2)27)19-16-8-7-15(22(3,4)5)13-17(16)28-21(19)24-18/h15H,6-13H2,1-5H3/t15-/m1/s1. The monoisotopic (exact) mass is 400 g/mol. The number of thiophene rings is 1. The SMILES string of the molecule is CCc1nc(N2CCN(C(C)=O)CC2)c2c3c(sc2n1)C[C@H](C(C)(C)C)CC3. The molecule has 1 aliphatic carbocycles. The van der Waals surface area contributed by atoms with Crippen LogP contribution in [0.1, 0.15) is 57.3 Å². The predicted octanol–water partition coefficient (Wildman–Crippen LogP) is 4.07. The minimum Gasteiger partial charge on any atom is -0.352 e. The van der Waals surface area contributed by atoms with Crippen molar-refractivity contribution in [3.63, 3.8) is 0 Å². The summed E-state index contributed by atoms with van der Waals surface area (Å²) in [5, 5.41) is 1.29. The Balaban J connectivity index is 1.73. The van der Waals surface area contributed by atoms with Gasteiger partial charge in [0, 0.05) is 44.4 Å². The van der Waals surface area contributed by atoms with Gasteiger partial charge < -0.3 is 9.80 Å². The van der Waals surface area contributed by atoms with Crippen molar-refractivity contribution < 1.29 is 4.79 Å². The van der Waals surface area contributed by atoms with Crippen molar-refractivity contribution in [3.8, 4) is 0 Å². The molecule has 28 heavy (non-hydrogen) atoms. The quantitative estimate of drug-likeness (QED) is 0.762. The van der Waals surface area contributed by atoms with Crippen molar-refractivity contribution in [1.29, 1.82) is 0 Å². The molecule has 0 aromatic carbocycles. The number of aromatic nitrogens is 2. The van der Waals surface area contributed by atoms with Gasteiger partial charge in [-0.2, -0.15) is 0 Å². The van der Waals surface area contributed by atoms with E-state index >= 15 is 0 Å². The van der Waals surface area contributed by atoms with Crippen molar-refractivity contribution in [2.45, 2.75) is 60.3 Å². The van der Waals surface area contributed by atoms with Gasteiger partial charge in [-0.15, -0.1) is 11.3 Å².